The van der Waals surface area contributed by atoms with Crippen molar-refractivity contribution in [3.8, 4) is 0 Å². The van der Waals surface area contributed by atoms with Crippen molar-refractivity contribution in [1.29, 1.82) is 0 Å². The molecule has 0 aliphatic rings. The summed E-state index contributed by atoms with van der Waals surface area (Å²) < 4.78 is 13.8. The molecule has 1 unspecified atom stereocenters. The van der Waals surface area contributed by atoms with Crippen LogP contribution in [0.2, 0.25) is 0 Å². The molecule has 110 valence electrons. The van der Waals surface area contributed by atoms with Gasteiger partial charge in [-0.15, -0.1) is 0 Å². The number of esters is 1. The molecule has 0 aromatic heterocycles. The van der Waals surface area contributed by atoms with Crippen molar-refractivity contribution >= 4 is 34.3 Å². The highest BCUT2D eigenvalue weighted by molar-refractivity contribution is 9.06. The first kappa shape index (κ1) is 17.7. The molecule has 8 heteroatoms. The van der Waals surface area contributed by atoms with Crippen molar-refractivity contribution in [3.63, 3.8) is 0 Å². The topological polar surface area (TPSA) is 90.9 Å². The zero-order chi connectivity index (χ0) is 15.1. The number of methoxy groups -OCH3 is 1. The first-order valence-corrected chi connectivity index (χ1v) is 6.23. The average molecular weight is 340 g/mol. The monoisotopic (exact) mass is 339 g/mol. The third kappa shape index (κ3) is 8.41. The van der Waals surface area contributed by atoms with Crippen LogP contribution < -0.4 is 5.32 Å². The summed E-state index contributed by atoms with van der Waals surface area (Å²) in [6, 6.07) is -0.966. The van der Waals surface area contributed by atoms with Crippen LogP contribution in [-0.4, -0.2) is 36.8 Å². The van der Waals surface area contributed by atoms with E-state index in [0.717, 1.165) is 0 Å². The second-order valence-electron chi connectivity index (χ2n) is 4.71. The quantitative estimate of drug-likeness (QED) is 0.766. The third-order valence-corrected chi connectivity index (χ3v) is 2.26. The smallest absolute Gasteiger partial charge is 0.408 e. The summed E-state index contributed by atoms with van der Waals surface area (Å²) in [5, 5.41) is 2.34. The lowest BCUT2D eigenvalue weighted by Crippen LogP contribution is -2.44. The van der Waals surface area contributed by atoms with Crippen LogP contribution in [0.3, 0.4) is 0 Å². The van der Waals surface area contributed by atoms with E-state index in [2.05, 4.69) is 30.1 Å². The van der Waals surface area contributed by atoms with E-state index in [1.54, 1.807) is 20.8 Å². The van der Waals surface area contributed by atoms with Gasteiger partial charge in [0.05, 0.1) is 7.11 Å². The van der Waals surface area contributed by atoms with Gasteiger partial charge in [-0.05, 0) is 27.2 Å². The lowest BCUT2D eigenvalue weighted by atomic mass is 10.1. The normalized spacial score (nSPS) is 12.3. The van der Waals surface area contributed by atoms with Gasteiger partial charge in [-0.25, -0.2) is 9.59 Å². The second-order valence-corrected chi connectivity index (χ2v) is 5.03. The number of amides is 1. The minimum Gasteiger partial charge on any atom is -0.467 e. The maximum Gasteiger partial charge on any atom is 0.408 e. The Morgan fingerprint density at radius 2 is 1.84 bits per heavy atom. The van der Waals surface area contributed by atoms with Crippen molar-refractivity contribution in [2.75, 3.05) is 7.11 Å². The molecule has 0 aromatic rings. The van der Waals surface area contributed by atoms with E-state index < -0.39 is 29.7 Å². The van der Waals surface area contributed by atoms with E-state index in [-0.39, 0.29) is 12.8 Å². The predicted molar refractivity (Wildman–Crippen MR) is 69.4 cm³/mol. The van der Waals surface area contributed by atoms with Gasteiger partial charge in [0.25, 0.3) is 0 Å². The SMILES string of the molecule is COC(=O)C(CCC(=O)OBr)NC(=O)OC(C)(C)C. The van der Waals surface area contributed by atoms with Gasteiger partial charge >= 0.3 is 18.0 Å². The van der Waals surface area contributed by atoms with Crippen LogP contribution in [0.4, 0.5) is 4.79 Å². The van der Waals surface area contributed by atoms with E-state index >= 15 is 0 Å². The summed E-state index contributed by atoms with van der Waals surface area (Å²) >= 11 is 2.53. The molecular formula is C11H18BrNO6. The van der Waals surface area contributed by atoms with Crippen molar-refractivity contribution in [2.24, 2.45) is 0 Å². The molecule has 1 N–H and O–H groups in total. The Balaban J connectivity index is 4.47. The van der Waals surface area contributed by atoms with E-state index in [0.29, 0.717) is 0 Å². The van der Waals surface area contributed by atoms with Crippen LogP contribution in [0.25, 0.3) is 0 Å². The Morgan fingerprint density at radius 1 is 1.26 bits per heavy atom. The highest BCUT2D eigenvalue weighted by atomic mass is 79.9. The van der Waals surface area contributed by atoms with Gasteiger partial charge in [-0.1, -0.05) is 0 Å². The lowest BCUT2D eigenvalue weighted by molar-refractivity contribution is -0.143. The van der Waals surface area contributed by atoms with Crippen LogP contribution in [0.5, 0.6) is 0 Å². The Hall–Kier alpha value is -1.31. The van der Waals surface area contributed by atoms with Crippen molar-refractivity contribution in [3.05, 3.63) is 0 Å². The Bertz CT molecular complexity index is 339. The van der Waals surface area contributed by atoms with Crippen LogP contribution in [-0.2, 0) is 22.9 Å². The molecule has 0 fully saturated rings. The first-order valence-electron chi connectivity index (χ1n) is 5.58. The number of hydrogen-bond acceptors (Lipinski definition) is 6. The van der Waals surface area contributed by atoms with Gasteiger partial charge in [0.15, 0.2) is 16.3 Å². The fraction of sp³-hybridized carbons (Fsp3) is 0.727. The van der Waals surface area contributed by atoms with Crippen LogP contribution in [0.15, 0.2) is 0 Å². The van der Waals surface area contributed by atoms with Crippen LogP contribution >= 0.6 is 16.3 Å². The number of carbonyl (C=O) groups is 3. The fourth-order valence-corrected chi connectivity index (χ4v) is 1.30. The molecule has 0 heterocycles. The van der Waals surface area contributed by atoms with Crippen molar-refractivity contribution in [2.45, 2.75) is 45.3 Å². The molecule has 0 saturated carbocycles. The summed E-state index contributed by atoms with van der Waals surface area (Å²) in [4.78, 5) is 34.0. The second kappa shape index (κ2) is 7.98. The van der Waals surface area contributed by atoms with Crippen molar-refractivity contribution in [1.82, 2.24) is 5.32 Å². The Labute approximate surface area is 120 Å². The predicted octanol–water partition coefficient (Wildman–Crippen LogP) is 1.69. The van der Waals surface area contributed by atoms with Crippen LogP contribution in [0.1, 0.15) is 33.6 Å². The van der Waals surface area contributed by atoms with Gasteiger partial charge < -0.3 is 18.6 Å². The van der Waals surface area contributed by atoms with E-state index in [9.17, 15) is 14.4 Å². The summed E-state index contributed by atoms with van der Waals surface area (Å²) in [5.74, 6) is -1.21. The molecule has 0 rings (SSSR count). The van der Waals surface area contributed by atoms with E-state index in [4.69, 9.17) is 4.74 Å². The molecule has 0 saturated heterocycles. The average Bonchev–Trinajstić information content (AvgIpc) is 2.30. The molecule has 19 heavy (non-hydrogen) atoms. The largest absolute Gasteiger partial charge is 0.467 e. The maximum atomic E-state index is 11.5. The molecule has 0 aromatic carbocycles. The lowest BCUT2D eigenvalue weighted by Gasteiger charge is -2.22. The van der Waals surface area contributed by atoms with Gasteiger partial charge in [0, 0.05) is 6.42 Å². The molecule has 7 nitrogen and oxygen atoms in total. The minimum absolute atomic E-state index is 0.0519. The number of carbonyl (C=O) groups excluding carboxylic acids is 3. The number of halogens is 1. The highest BCUT2D eigenvalue weighted by Crippen LogP contribution is 2.08. The number of ether oxygens (including phenoxy) is 2. The minimum atomic E-state index is -0.966. The Morgan fingerprint density at radius 3 is 2.26 bits per heavy atom. The third-order valence-electron chi connectivity index (χ3n) is 1.90. The summed E-state index contributed by atoms with van der Waals surface area (Å²) in [6.07, 6.45) is -0.757. The highest BCUT2D eigenvalue weighted by Gasteiger charge is 2.25. The molecule has 0 aliphatic carbocycles. The van der Waals surface area contributed by atoms with Gasteiger partial charge in [0.1, 0.15) is 11.6 Å². The zero-order valence-electron chi connectivity index (χ0n) is 11.3. The number of hydrogen-bond donors (Lipinski definition) is 1. The van der Waals surface area contributed by atoms with Gasteiger partial charge in [-0.2, -0.15) is 0 Å². The van der Waals surface area contributed by atoms with Crippen LogP contribution in [0, 0.1) is 0 Å². The molecule has 0 aliphatic heterocycles. The van der Waals surface area contributed by atoms with E-state index in [1.165, 1.54) is 7.11 Å². The number of alkyl carbamates (subject to hydrolysis) is 1. The standard InChI is InChI=1S/C11H18BrNO6/c1-11(2,3)18-10(16)13-7(9(15)17-4)5-6-8(14)19-12/h7H,5-6H2,1-4H3,(H,13,16). The first-order chi connectivity index (χ1) is 8.69. The summed E-state index contributed by atoms with van der Waals surface area (Å²) in [7, 11) is 1.19. The molecule has 1 atom stereocenters. The molecule has 0 spiro atoms. The Kier molecular flexibility index (Phi) is 7.43. The van der Waals surface area contributed by atoms with Gasteiger partial charge in [-0.3, -0.25) is 4.79 Å². The number of nitrogens with one attached hydrogen (secondary N) is 1. The molecular weight excluding hydrogens is 322 g/mol. The summed E-state index contributed by atoms with van der Waals surface area (Å²) in [5.41, 5.74) is -0.681. The number of rotatable bonds is 5. The molecule has 1 amide bonds. The van der Waals surface area contributed by atoms with Gasteiger partial charge in [0.2, 0.25) is 0 Å². The molecule has 0 radical (unpaired) electrons. The van der Waals surface area contributed by atoms with E-state index in [1.807, 2.05) is 0 Å². The van der Waals surface area contributed by atoms with Crippen molar-refractivity contribution < 1.29 is 27.7 Å². The zero-order valence-corrected chi connectivity index (χ0v) is 12.9. The molecule has 0 bridgehead atoms. The maximum absolute atomic E-state index is 11.5. The fourth-order valence-electron chi connectivity index (χ4n) is 1.14. The summed E-state index contributed by atoms with van der Waals surface area (Å²) in [6.45, 7) is 5.09.